The van der Waals surface area contributed by atoms with Crippen molar-refractivity contribution in [2.24, 2.45) is 5.41 Å². The molecule has 0 bridgehead atoms. The molecule has 2 aromatic rings. The third-order valence-electron chi connectivity index (χ3n) is 5.87. The van der Waals surface area contributed by atoms with Crippen molar-refractivity contribution in [3.8, 4) is 11.5 Å². The Hall–Kier alpha value is -2.24. The SMILES string of the molecule is CCOC(=O)C1(Cc2ccccc2)CCN(Cc2ccc(OC)c(OC)c2Cl)CC1. The molecule has 0 spiro atoms. The molecule has 0 atom stereocenters. The molecule has 3 rings (SSSR count). The molecule has 5 nitrogen and oxygen atoms in total. The number of esters is 1. The molecule has 0 saturated carbocycles. The fraction of sp³-hybridized carbons (Fsp3) is 0.458. The predicted molar refractivity (Wildman–Crippen MR) is 118 cm³/mol. The molecular formula is C24H30ClNO4. The molecule has 1 heterocycles. The summed E-state index contributed by atoms with van der Waals surface area (Å²) in [6, 6.07) is 14.0. The third kappa shape index (κ3) is 4.90. The third-order valence-corrected chi connectivity index (χ3v) is 6.28. The lowest BCUT2D eigenvalue weighted by Gasteiger charge is -2.40. The van der Waals surface area contributed by atoms with E-state index in [1.165, 1.54) is 5.56 Å². The Morgan fingerprint density at radius 2 is 1.77 bits per heavy atom. The molecule has 0 amide bonds. The molecule has 6 heteroatoms. The predicted octanol–water partition coefficient (Wildman–Crippen LogP) is 4.75. The van der Waals surface area contributed by atoms with Gasteiger partial charge in [0.2, 0.25) is 0 Å². The first kappa shape index (κ1) is 22.4. The van der Waals surface area contributed by atoms with E-state index < -0.39 is 5.41 Å². The average Bonchev–Trinajstić information content (AvgIpc) is 2.77. The van der Waals surface area contributed by atoms with Crippen molar-refractivity contribution in [3.63, 3.8) is 0 Å². The van der Waals surface area contributed by atoms with Gasteiger partial charge in [0.15, 0.2) is 11.5 Å². The number of likely N-dealkylation sites (tertiary alicyclic amines) is 1. The van der Waals surface area contributed by atoms with E-state index in [1.807, 2.05) is 37.3 Å². The second kappa shape index (κ2) is 10.2. The van der Waals surface area contributed by atoms with Crippen LogP contribution in [0.5, 0.6) is 11.5 Å². The lowest BCUT2D eigenvalue weighted by Crippen LogP contribution is -2.46. The summed E-state index contributed by atoms with van der Waals surface area (Å²) in [5, 5.41) is 0.573. The maximum absolute atomic E-state index is 12.9. The van der Waals surface area contributed by atoms with Gasteiger partial charge in [0.1, 0.15) is 0 Å². The zero-order valence-electron chi connectivity index (χ0n) is 17.9. The minimum Gasteiger partial charge on any atom is -0.493 e. The Balaban J connectivity index is 1.73. The molecule has 1 saturated heterocycles. The number of rotatable bonds is 8. The average molecular weight is 432 g/mol. The molecule has 1 aliphatic rings. The van der Waals surface area contributed by atoms with Crippen molar-refractivity contribution in [1.29, 1.82) is 0 Å². The van der Waals surface area contributed by atoms with E-state index in [4.69, 9.17) is 25.8 Å². The van der Waals surface area contributed by atoms with Crippen LogP contribution in [0.2, 0.25) is 5.02 Å². The summed E-state index contributed by atoms with van der Waals surface area (Å²) in [6.45, 7) is 4.57. The summed E-state index contributed by atoms with van der Waals surface area (Å²) in [6.07, 6.45) is 2.22. The maximum atomic E-state index is 12.9. The van der Waals surface area contributed by atoms with Crippen molar-refractivity contribution < 1.29 is 19.0 Å². The Morgan fingerprint density at radius 1 is 1.07 bits per heavy atom. The first-order valence-corrected chi connectivity index (χ1v) is 10.7. The molecule has 0 N–H and O–H groups in total. The van der Waals surface area contributed by atoms with E-state index in [2.05, 4.69) is 17.0 Å². The number of ether oxygens (including phenoxy) is 3. The van der Waals surface area contributed by atoms with Crippen LogP contribution in [0.15, 0.2) is 42.5 Å². The molecule has 30 heavy (non-hydrogen) atoms. The Labute approximate surface area is 183 Å². The van der Waals surface area contributed by atoms with Crippen LogP contribution in [-0.4, -0.2) is 44.8 Å². The molecule has 0 aliphatic carbocycles. The summed E-state index contributed by atoms with van der Waals surface area (Å²) in [4.78, 5) is 15.2. The number of hydrogen-bond acceptors (Lipinski definition) is 5. The van der Waals surface area contributed by atoms with Crippen molar-refractivity contribution in [1.82, 2.24) is 4.90 Å². The summed E-state index contributed by atoms with van der Waals surface area (Å²) >= 11 is 6.56. The molecule has 0 unspecified atom stereocenters. The quantitative estimate of drug-likeness (QED) is 0.565. The number of nitrogens with zero attached hydrogens (tertiary/aromatic N) is 1. The number of hydrogen-bond donors (Lipinski definition) is 0. The van der Waals surface area contributed by atoms with Crippen molar-refractivity contribution >= 4 is 17.6 Å². The monoisotopic (exact) mass is 431 g/mol. The van der Waals surface area contributed by atoms with Gasteiger partial charge in [-0.05, 0) is 56.5 Å². The van der Waals surface area contributed by atoms with Crippen LogP contribution in [0.3, 0.4) is 0 Å². The summed E-state index contributed by atoms with van der Waals surface area (Å²) < 4.78 is 16.2. The van der Waals surface area contributed by atoms with Gasteiger partial charge >= 0.3 is 5.97 Å². The number of methoxy groups -OCH3 is 2. The zero-order valence-corrected chi connectivity index (χ0v) is 18.7. The molecule has 0 radical (unpaired) electrons. The van der Waals surface area contributed by atoms with Crippen LogP contribution in [0, 0.1) is 5.41 Å². The van der Waals surface area contributed by atoms with Gasteiger partial charge in [0, 0.05) is 6.54 Å². The van der Waals surface area contributed by atoms with Crippen LogP contribution in [0.4, 0.5) is 0 Å². The van der Waals surface area contributed by atoms with E-state index >= 15 is 0 Å². The van der Waals surface area contributed by atoms with Crippen LogP contribution in [-0.2, 0) is 22.5 Å². The summed E-state index contributed by atoms with van der Waals surface area (Å²) in [5.41, 5.74) is 1.68. The Morgan fingerprint density at radius 3 is 2.37 bits per heavy atom. The first-order valence-electron chi connectivity index (χ1n) is 10.4. The minimum absolute atomic E-state index is 0.0855. The lowest BCUT2D eigenvalue weighted by atomic mass is 9.73. The van der Waals surface area contributed by atoms with Crippen LogP contribution in [0.1, 0.15) is 30.9 Å². The van der Waals surface area contributed by atoms with Crippen molar-refractivity contribution in [2.75, 3.05) is 33.9 Å². The zero-order chi connectivity index (χ0) is 21.6. The molecule has 162 valence electrons. The summed E-state index contributed by atoms with van der Waals surface area (Å²) in [7, 11) is 3.19. The van der Waals surface area contributed by atoms with E-state index in [9.17, 15) is 4.79 Å². The largest absolute Gasteiger partial charge is 0.493 e. The second-order valence-corrected chi connectivity index (χ2v) is 8.09. The van der Waals surface area contributed by atoms with E-state index in [-0.39, 0.29) is 5.97 Å². The fourth-order valence-corrected chi connectivity index (χ4v) is 4.45. The normalized spacial score (nSPS) is 16.1. The van der Waals surface area contributed by atoms with Crippen LogP contribution >= 0.6 is 11.6 Å². The molecule has 1 aliphatic heterocycles. The van der Waals surface area contributed by atoms with Gasteiger partial charge in [-0.2, -0.15) is 0 Å². The number of piperidine rings is 1. The topological polar surface area (TPSA) is 48.0 Å². The van der Waals surface area contributed by atoms with Crippen LogP contribution in [0.25, 0.3) is 0 Å². The van der Waals surface area contributed by atoms with E-state index in [0.717, 1.165) is 31.5 Å². The lowest BCUT2D eigenvalue weighted by molar-refractivity contribution is -0.158. The molecule has 0 aromatic heterocycles. The molecular weight excluding hydrogens is 402 g/mol. The Bertz CT molecular complexity index is 848. The van der Waals surface area contributed by atoms with Gasteiger partial charge in [-0.1, -0.05) is 48.0 Å². The number of carbonyl (C=O) groups excluding carboxylic acids is 1. The van der Waals surface area contributed by atoms with Gasteiger partial charge in [-0.25, -0.2) is 0 Å². The molecule has 1 fully saturated rings. The van der Waals surface area contributed by atoms with Gasteiger partial charge in [-0.3, -0.25) is 9.69 Å². The van der Waals surface area contributed by atoms with Gasteiger partial charge in [0.25, 0.3) is 0 Å². The van der Waals surface area contributed by atoms with Crippen molar-refractivity contribution in [2.45, 2.75) is 32.7 Å². The highest BCUT2D eigenvalue weighted by molar-refractivity contribution is 6.33. The second-order valence-electron chi connectivity index (χ2n) is 7.71. The van der Waals surface area contributed by atoms with Gasteiger partial charge < -0.3 is 14.2 Å². The minimum atomic E-state index is -0.477. The van der Waals surface area contributed by atoms with E-state index in [1.54, 1.807) is 14.2 Å². The van der Waals surface area contributed by atoms with Crippen LogP contribution < -0.4 is 9.47 Å². The summed E-state index contributed by atoms with van der Waals surface area (Å²) in [5.74, 6) is 1.09. The number of benzene rings is 2. The highest BCUT2D eigenvalue weighted by atomic mass is 35.5. The maximum Gasteiger partial charge on any atom is 0.312 e. The van der Waals surface area contributed by atoms with Gasteiger partial charge in [0.05, 0.1) is 31.3 Å². The first-order chi connectivity index (χ1) is 14.5. The van der Waals surface area contributed by atoms with Crippen molar-refractivity contribution in [3.05, 3.63) is 58.6 Å². The highest BCUT2D eigenvalue weighted by Crippen LogP contribution is 2.40. The fourth-order valence-electron chi connectivity index (χ4n) is 4.16. The number of halogens is 1. The number of carbonyl (C=O) groups is 1. The Kier molecular flexibility index (Phi) is 7.62. The smallest absolute Gasteiger partial charge is 0.312 e. The molecule has 2 aromatic carbocycles. The standard InChI is InChI=1S/C24H30ClNO4/c1-4-30-23(27)24(16-18-8-6-5-7-9-18)12-14-26(15-13-24)17-19-10-11-20(28-2)22(29-3)21(19)25/h5-11H,4,12-17H2,1-3H3. The van der Waals surface area contributed by atoms with Gasteiger partial charge in [-0.15, -0.1) is 0 Å². The van der Waals surface area contributed by atoms with E-state index in [0.29, 0.717) is 36.1 Å². The highest BCUT2D eigenvalue weighted by Gasteiger charge is 2.42.